The van der Waals surface area contributed by atoms with Gasteiger partial charge in [-0.1, -0.05) is 38.1 Å². The van der Waals surface area contributed by atoms with Crippen LogP contribution in [-0.4, -0.2) is 11.3 Å². The third-order valence-corrected chi connectivity index (χ3v) is 3.32. The number of aldehydes is 1. The molecule has 0 aliphatic heterocycles. The third kappa shape index (κ3) is 2.08. The van der Waals surface area contributed by atoms with Crippen molar-refractivity contribution in [3.05, 3.63) is 47.7 Å². The first-order chi connectivity index (χ1) is 9.17. The number of hydrogen-bond acceptors (Lipinski definition) is 2. The molecule has 0 amide bonds. The normalized spacial score (nSPS) is 11.3. The Morgan fingerprint density at radius 1 is 1.16 bits per heavy atom. The van der Waals surface area contributed by atoms with E-state index in [1.807, 2.05) is 6.07 Å². The van der Waals surface area contributed by atoms with Crippen LogP contribution in [0.3, 0.4) is 0 Å². The van der Waals surface area contributed by atoms with Crippen LogP contribution in [0.5, 0.6) is 0 Å². The number of nitrogens with one attached hydrogen (secondary N) is 1. The molecule has 96 valence electrons. The molecule has 3 rings (SSSR count). The van der Waals surface area contributed by atoms with Crippen LogP contribution < -0.4 is 0 Å². The Kier molecular flexibility index (Phi) is 2.75. The van der Waals surface area contributed by atoms with Gasteiger partial charge in [-0.15, -0.1) is 0 Å². The van der Waals surface area contributed by atoms with Gasteiger partial charge in [0.15, 0.2) is 11.9 Å². The highest BCUT2D eigenvalue weighted by atomic mass is 16.3. The molecule has 3 heteroatoms. The second-order valence-electron chi connectivity index (χ2n) is 5.01. The summed E-state index contributed by atoms with van der Waals surface area (Å²) in [5, 5.41) is 0. The zero-order chi connectivity index (χ0) is 13.4. The highest BCUT2D eigenvalue weighted by Crippen LogP contribution is 2.28. The van der Waals surface area contributed by atoms with Crippen LogP contribution in [0.2, 0.25) is 0 Å². The minimum absolute atomic E-state index is 0.524. The van der Waals surface area contributed by atoms with Gasteiger partial charge in [0, 0.05) is 17.7 Å². The van der Waals surface area contributed by atoms with Gasteiger partial charge in [0.05, 0.1) is 11.2 Å². The molecule has 0 aliphatic carbocycles. The SMILES string of the molecule is CC(C)c1ccc(-c2cc3[nH]c(C=O)cc3o2)cc1. The average Bonchev–Trinajstić information content (AvgIpc) is 2.96. The quantitative estimate of drug-likeness (QED) is 0.705. The van der Waals surface area contributed by atoms with Gasteiger partial charge in [0.25, 0.3) is 0 Å². The number of aromatic amines is 1. The fraction of sp³-hybridized carbons (Fsp3) is 0.188. The van der Waals surface area contributed by atoms with Crippen LogP contribution >= 0.6 is 0 Å². The van der Waals surface area contributed by atoms with Gasteiger partial charge in [-0.2, -0.15) is 0 Å². The number of rotatable bonds is 3. The van der Waals surface area contributed by atoms with E-state index in [9.17, 15) is 4.79 Å². The summed E-state index contributed by atoms with van der Waals surface area (Å²) < 4.78 is 5.75. The molecule has 2 heterocycles. The molecular weight excluding hydrogens is 238 g/mol. The van der Waals surface area contributed by atoms with E-state index >= 15 is 0 Å². The summed E-state index contributed by atoms with van der Waals surface area (Å²) in [4.78, 5) is 13.7. The summed E-state index contributed by atoms with van der Waals surface area (Å²) in [6.45, 7) is 4.35. The molecule has 2 aromatic heterocycles. The fourth-order valence-electron chi connectivity index (χ4n) is 2.18. The molecule has 1 N–H and O–H groups in total. The van der Waals surface area contributed by atoms with Crippen LogP contribution in [0.15, 0.2) is 40.8 Å². The zero-order valence-electron chi connectivity index (χ0n) is 10.9. The van der Waals surface area contributed by atoms with E-state index < -0.39 is 0 Å². The smallest absolute Gasteiger partial charge is 0.166 e. The van der Waals surface area contributed by atoms with E-state index in [4.69, 9.17) is 4.42 Å². The molecule has 0 unspecified atom stereocenters. The van der Waals surface area contributed by atoms with E-state index in [0.717, 1.165) is 23.1 Å². The van der Waals surface area contributed by atoms with E-state index in [1.165, 1.54) is 5.56 Å². The molecule has 19 heavy (non-hydrogen) atoms. The summed E-state index contributed by atoms with van der Waals surface area (Å²) >= 11 is 0. The van der Waals surface area contributed by atoms with Crippen LogP contribution in [-0.2, 0) is 0 Å². The van der Waals surface area contributed by atoms with Crippen LogP contribution in [0.25, 0.3) is 22.4 Å². The van der Waals surface area contributed by atoms with Crippen LogP contribution in [0.4, 0.5) is 0 Å². The number of aromatic nitrogens is 1. The van der Waals surface area contributed by atoms with Gasteiger partial charge in [0.1, 0.15) is 5.76 Å². The molecule has 3 nitrogen and oxygen atoms in total. The Morgan fingerprint density at radius 3 is 2.47 bits per heavy atom. The average molecular weight is 253 g/mol. The third-order valence-electron chi connectivity index (χ3n) is 3.32. The first-order valence-corrected chi connectivity index (χ1v) is 6.35. The molecule has 0 aliphatic rings. The molecule has 0 saturated heterocycles. The van der Waals surface area contributed by atoms with Crippen molar-refractivity contribution in [1.82, 2.24) is 4.98 Å². The van der Waals surface area contributed by atoms with E-state index in [0.29, 0.717) is 17.2 Å². The highest BCUT2D eigenvalue weighted by molar-refractivity contribution is 5.87. The van der Waals surface area contributed by atoms with E-state index in [1.54, 1.807) is 6.07 Å². The van der Waals surface area contributed by atoms with Gasteiger partial charge in [-0.3, -0.25) is 4.79 Å². The van der Waals surface area contributed by atoms with Crippen molar-refractivity contribution in [1.29, 1.82) is 0 Å². The number of H-pyrrole nitrogens is 1. The Balaban J connectivity index is 1.98. The van der Waals surface area contributed by atoms with Crippen molar-refractivity contribution in [3.63, 3.8) is 0 Å². The lowest BCUT2D eigenvalue weighted by atomic mass is 10.0. The number of carbonyl (C=O) groups excluding carboxylic acids is 1. The number of hydrogen-bond donors (Lipinski definition) is 1. The number of furan rings is 1. The van der Waals surface area contributed by atoms with E-state index in [-0.39, 0.29) is 0 Å². The Morgan fingerprint density at radius 2 is 1.89 bits per heavy atom. The number of fused-ring (bicyclic) bond motifs is 1. The predicted octanol–water partition coefficient (Wildman–Crippen LogP) is 4.36. The second kappa shape index (κ2) is 4.43. The minimum Gasteiger partial charge on any atom is -0.454 e. The van der Waals surface area contributed by atoms with Crippen molar-refractivity contribution in [3.8, 4) is 11.3 Å². The van der Waals surface area contributed by atoms with E-state index in [2.05, 4.69) is 43.1 Å². The standard InChI is InChI=1S/C16H15NO2/c1-10(2)11-3-5-12(6-4-11)15-8-14-16(19-15)7-13(9-18)17-14/h3-10,17H,1-2H3. The predicted molar refractivity (Wildman–Crippen MR) is 75.5 cm³/mol. The lowest BCUT2D eigenvalue weighted by Crippen LogP contribution is -1.86. The Labute approximate surface area is 111 Å². The molecule has 0 bridgehead atoms. The molecule has 0 fully saturated rings. The first-order valence-electron chi connectivity index (χ1n) is 6.35. The lowest BCUT2D eigenvalue weighted by molar-refractivity contribution is 0.111. The molecular formula is C16H15NO2. The second-order valence-corrected chi connectivity index (χ2v) is 5.01. The van der Waals surface area contributed by atoms with Gasteiger partial charge in [-0.05, 0) is 11.5 Å². The summed E-state index contributed by atoms with van der Waals surface area (Å²) in [6.07, 6.45) is 0.784. The number of carbonyl (C=O) groups is 1. The summed E-state index contributed by atoms with van der Waals surface area (Å²) in [5.74, 6) is 1.34. The molecule has 1 aromatic carbocycles. The molecule has 0 atom stereocenters. The molecule has 0 spiro atoms. The highest BCUT2D eigenvalue weighted by Gasteiger charge is 2.09. The van der Waals surface area contributed by atoms with Crippen molar-refractivity contribution in [2.45, 2.75) is 19.8 Å². The monoisotopic (exact) mass is 253 g/mol. The maximum absolute atomic E-state index is 10.7. The summed E-state index contributed by atoms with van der Waals surface area (Å²) in [6, 6.07) is 12.0. The fourth-order valence-corrected chi connectivity index (χ4v) is 2.18. The summed E-state index contributed by atoms with van der Waals surface area (Å²) in [7, 11) is 0. The van der Waals surface area contributed by atoms with Gasteiger partial charge in [0.2, 0.25) is 0 Å². The van der Waals surface area contributed by atoms with Crippen molar-refractivity contribution in [2.24, 2.45) is 0 Å². The van der Waals surface area contributed by atoms with Gasteiger partial charge < -0.3 is 9.40 Å². The van der Waals surface area contributed by atoms with Crippen LogP contribution in [0, 0.1) is 0 Å². The van der Waals surface area contributed by atoms with Crippen molar-refractivity contribution in [2.75, 3.05) is 0 Å². The maximum atomic E-state index is 10.7. The summed E-state index contributed by atoms with van der Waals surface area (Å²) in [5.41, 5.74) is 4.45. The van der Waals surface area contributed by atoms with Crippen molar-refractivity contribution < 1.29 is 9.21 Å². The molecule has 0 radical (unpaired) electrons. The first kappa shape index (κ1) is 11.8. The van der Waals surface area contributed by atoms with Gasteiger partial charge in [-0.25, -0.2) is 0 Å². The zero-order valence-corrected chi connectivity index (χ0v) is 10.9. The topological polar surface area (TPSA) is 46.0 Å². The maximum Gasteiger partial charge on any atom is 0.166 e. The largest absolute Gasteiger partial charge is 0.454 e. The molecule has 0 saturated carbocycles. The van der Waals surface area contributed by atoms with Crippen LogP contribution in [0.1, 0.15) is 35.8 Å². The van der Waals surface area contributed by atoms with Crippen molar-refractivity contribution >= 4 is 17.4 Å². The molecule has 3 aromatic rings. The number of benzene rings is 1. The minimum atomic E-state index is 0.524. The Hall–Kier alpha value is -2.29. The Bertz CT molecular complexity index is 685. The van der Waals surface area contributed by atoms with Gasteiger partial charge >= 0.3 is 0 Å². The lowest BCUT2D eigenvalue weighted by Gasteiger charge is -2.05.